The van der Waals surface area contributed by atoms with Crippen molar-refractivity contribution in [2.24, 2.45) is 5.73 Å². The zero-order valence-corrected chi connectivity index (χ0v) is 15.0. The summed E-state index contributed by atoms with van der Waals surface area (Å²) in [5, 5.41) is -2.70. The van der Waals surface area contributed by atoms with Gasteiger partial charge in [-0.2, -0.15) is 0 Å². The van der Waals surface area contributed by atoms with Gasteiger partial charge in [0.05, 0.1) is 11.7 Å². The number of hydrogen-bond acceptors (Lipinski definition) is 3. The first-order chi connectivity index (χ1) is 11.7. The summed E-state index contributed by atoms with van der Waals surface area (Å²) in [6.07, 6.45) is 1.00. The van der Waals surface area contributed by atoms with Gasteiger partial charge >= 0.3 is 0 Å². The maximum absolute atomic E-state index is 16.0. The minimum absolute atomic E-state index is 0.0358. The van der Waals surface area contributed by atoms with Gasteiger partial charge < -0.3 is 15.2 Å². The van der Waals surface area contributed by atoms with E-state index in [1.165, 1.54) is 30.4 Å². The molecule has 3 atom stereocenters. The van der Waals surface area contributed by atoms with E-state index in [0.29, 0.717) is 12.0 Å². The number of amides is 1. The summed E-state index contributed by atoms with van der Waals surface area (Å²) in [5.41, 5.74) is 6.08. The number of alkyl halides is 2. The molecular formula is C18H21F2N2O2P. The van der Waals surface area contributed by atoms with Gasteiger partial charge in [-0.15, -0.1) is 0 Å². The third-order valence-electron chi connectivity index (χ3n) is 4.82. The highest BCUT2D eigenvalue weighted by molar-refractivity contribution is 7.64. The lowest BCUT2D eigenvalue weighted by Crippen LogP contribution is -2.45. The molecule has 1 fully saturated rings. The van der Waals surface area contributed by atoms with Crippen molar-refractivity contribution in [3.63, 3.8) is 0 Å². The number of benzene rings is 1. The molecule has 1 saturated heterocycles. The minimum Gasteiger partial charge on any atom is -0.320 e. The fourth-order valence-corrected chi connectivity index (χ4v) is 4.83. The van der Waals surface area contributed by atoms with Crippen molar-refractivity contribution in [2.45, 2.75) is 24.0 Å². The second kappa shape index (κ2) is 6.19. The molecule has 1 aliphatic heterocycles. The highest BCUT2D eigenvalue weighted by Crippen LogP contribution is 2.63. The van der Waals surface area contributed by atoms with Crippen molar-refractivity contribution in [3.05, 3.63) is 53.7 Å². The molecule has 7 heteroatoms. The molecule has 1 aromatic rings. The smallest absolute Gasteiger partial charge is 0.243 e. The van der Waals surface area contributed by atoms with Crippen molar-refractivity contribution < 1.29 is 18.1 Å². The summed E-state index contributed by atoms with van der Waals surface area (Å²) >= 11 is 0. The largest absolute Gasteiger partial charge is 0.320 e. The molecular weight excluding hydrogens is 345 g/mol. The van der Waals surface area contributed by atoms with Gasteiger partial charge in [0.1, 0.15) is 7.14 Å². The second-order valence-electron chi connectivity index (χ2n) is 6.81. The Balaban J connectivity index is 2.14. The maximum atomic E-state index is 16.0. The van der Waals surface area contributed by atoms with Gasteiger partial charge in [-0.25, -0.2) is 8.78 Å². The number of halogens is 2. The van der Waals surface area contributed by atoms with Crippen LogP contribution in [-0.2, 0) is 9.36 Å². The first-order valence-corrected chi connectivity index (χ1v) is 10.7. The van der Waals surface area contributed by atoms with Crippen molar-refractivity contribution in [2.75, 3.05) is 19.9 Å². The average Bonchev–Trinajstić information content (AvgIpc) is 2.89. The molecule has 1 amide bonds. The van der Waals surface area contributed by atoms with Gasteiger partial charge in [0.15, 0.2) is 6.17 Å². The molecule has 0 saturated carbocycles. The molecule has 134 valence electrons. The van der Waals surface area contributed by atoms with Gasteiger partial charge in [0.25, 0.3) is 0 Å². The second-order valence-corrected chi connectivity index (χ2v) is 10.2. The number of nitrogens with zero attached hydrogens (tertiary/aromatic N) is 1. The highest BCUT2D eigenvalue weighted by Gasteiger charge is 2.57. The topological polar surface area (TPSA) is 63.4 Å². The van der Waals surface area contributed by atoms with E-state index >= 15 is 8.78 Å². The van der Waals surface area contributed by atoms with Crippen LogP contribution in [0, 0.1) is 0 Å². The van der Waals surface area contributed by atoms with Crippen molar-refractivity contribution in [3.8, 4) is 0 Å². The lowest BCUT2D eigenvalue weighted by molar-refractivity contribution is -0.127. The van der Waals surface area contributed by atoms with Gasteiger partial charge in [-0.3, -0.25) is 4.79 Å². The predicted molar refractivity (Wildman–Crippen MR) is 95.0 cm³/mol. The van der Waals surface area contributed by atoms with E-state index < -0.39 is 30.7 Å². The van der Waals surface area contributed by atoms with E-state index in [0.717, 1.165) is 0 Å². The van der Waals surface area contributed by atoms with Gasteiger partial charge in [-0.05, 0) is 31.4 Å². The van der Waals surface area contributed by atoms with Crippen molar-refractivity contribution in [1.82, 2.24) is 4.90 Å². The summed E-state index contributed by atoms with van der Waals surface area (Å²) in [6.45, 7) is 2.70. The number of nitrogens with two attached hydrogens (primary N) is 1. The molecule has 2 unspecified atom stereocenters. The number of carbonyl (C=O) groups is 1. The number of allylic oxidation sites excluding steroid dienone is 4. The fourth-order valence-electron chi connectivity index (χ4n) is 3.37. The quantitative estimate of drug-likeness (QED) is 0.836. The Kier molecular flexibility index (Phi) is 4.46. The number of hydrogen-bond donors (Lipinski definition) is 1. The Bertz CT molecular complexity index is 803. The molecule has 1 aliphatic carbocycles. The monoisotopic (exact) mass is 366 g/mol. The Hall–Kier alpha value is -1.78. The Labute approximate surface area is 145 Å². The molecule has 0 bridgehead atoms. The summed E-state index contributed by atoms with van der Waals surface area (Å²) in [7, 11) is -3.56. The lowest BCUT2D eigenvalue weighted by atomic mass is 9.91. The average molecular weight is 366 g/mol. The van der Waals surface area contributed by atoms with Crippen LogP contribution in [0.2, 0.25) is 0 Å². The van der Waals surface area contributed by atoms with Gasteiger partial charge in [0.2, 0.25) is 11.3 Å². The van der Waals surface area contributed by atoms with Crippen molar-refractivity contribution in [1.29, 1.82) is 0 Å². The molecule has 25 heavy (non-hydrogen) atoms. The van der Waals surface area contributed by atoms with E-state index in [2.05, 4.69) is 0 Å². The molecule has 0 spiro atoms. The van der Waals surface area contributed by atoms with Crippen LogP contribution in [0.4, 0.5) is 8.78 Å². The number of likely N-dealkylation sites (tertiary alicyclic amines) is 1. The van der Waals surface area contributed by atoms with E-state index in [4.69, 9.17) is 5.73 Å². The molecule has 2 aliphatic rings. The zero-order valence-electron chi connectivity index (χ0n) is 14.2. The Morgan fingerprint density at radius 2 is 1.88 bits per heavy atom. The minimum atomic E-state index is -3.56. The van der Waals surface area contributed by atoms with Crippen LogP contribution < -0.4 is 5.73 Å². The SMILES string of the molecule is CP(C)(=O)C1(F)C(c2ccccc2)=CC=C(N2CC[C@@H](N)C2=O)C1F. The standard InChI is InChI=1S/C18H21F2N2O2P/c1-25(2,24)18(20)13(12-6-4-3-5-7-12)8-9-15(16(18)19)22-11-10-14(21)17(22)23/h3-9,14,16H,10-11,21H2,1-2H3/t14-,16?,18?/m1/s1. The van der Waals surface area contributed by atoms with Gasteiger partial charge in [-0.1, -0.05) is 36.4 Å². The van der Waals surface area contributed by atoms with E-state index in [-0.39, 0.29) is 17.8 Å². The van der Waals surface area contributed by atoms with Gasteiger partial charge in [0, 0.05) is 12.1 Å². The zero-order chi connectivity index (χ0) is 18.4. The summed E-state index contributed by atoms with van der Waals surface area (Å²) < 4.78 is 44.2. The van der Waals surface area contributed by atoms with Crippen LogP contribution in [0.25, 0.3) is 5.57 Å². The summed E-state index contributed by atoms with van der Waals surface area (Å²) in [6, 6.07) is 7.78. The molecule has 0 aromatic heterocycles. The van der Waals surface area contributed by atoms with E-state index in [1.807, 2.05) is 0 Å². The summed E-state index contributed by atoms with van der Waals surface area (Å²) in [5.74, 6) is -0.435. The predicted octanol–water partition coefficient (Wildman–Crippen LogP) is 3.15. The Morgan fingerprint density at radius 1 is 1.24 bits per heavy atom. The third-order valence-corrected chi connectivity index (χ3v) is 6.86. The highest BCUT2D eigenvalue weighted by atomic mass is 31.2. The summed E-state index contributed by atoms with van der Waals surface area (Å²) in [4.78, 5) is 13.3. The van der Waals surface area contributed by atoms with Crippen LogP contribution >= 0.6 is 7.14 Å². The van der Waals surface area contributed by atoms with Crippen LogP contribution in [0.3, 0.4) is 0 Å². The first-order valence-electron chi connectivity index (χ1n) is 8.10. The number of rotatable bonds is 3. The van der Waals surface area contributed by atoms with Crippen LogP contribution in [0.5, 0.6) is 0 Å². The Morgan fingerprint density at radius 3 is 2.40 bits per heavy atom. The fraction of sp³-hybridized carbons (Fsp3) is 0.389. The first kappa shape index (κ1) is 18.0. The third kappa shape index (κ3) is 2.77. The molecule has 1 aromatic carbocycles. The van der Waals surface area contributed by atoms with Crippen LogP contribution in [-0.4, -0.2) is 48.3 Å². The molecule has 0 radical (unpaired) electrons. The lowest BCUT2D eigenvalue weighted by Gasteiger charge is -2.40. The normalized spacial score (nSPS) is 30.3. The molecule has 2 N–H and O–H groups in total. The maximum Gasteiger partial charge on any atom is 0.243 e. The molecule has 4 nitrogen and oxygen atoms in total. The molecule has 1 heterocycles. The van der Waals surface area contributed by atoms with Crippen LogP contribution in [0.15, 0.2) is 48.2 Å². The molecule has 3 rings (SSSR count). The van der Waals surface area contributed by atoms with E-state index in [9.17, 15) is 9.36 Å². The van der Waals surface area contributed by atoms with E-state index in [1.54, 1.807) is 30.3 Å². The van der Waals surface area contributed by atoms with Crippen molar-refractivity contribution >= 4 is 18.6 Å². The number of carbonyl (C=O) groups excluding carboxylic acids is 1. The van der Waals surface area contributed by atoms with Crippen LogP contribution in [0.1, 0.15) is 12.0 Å².